The highest BCUT2D eigenvalue weighted by molar-refractivity contribution is 9.10. The lowest BCUT2D eigenvalue weighted by Gasteiger charge is -2.40. The number of rotatable bonds is 4. The van der Waals surface area contributed by atoms with Crippen molar-refractivity contribution in [2.75, 3.05) is 6.54 Å². The highest BCUT2D eigenvalue weighted by Gasteiger charge is 2.26. The fraction of sp³-hybridized carbons (Fsp3) is 0.588. The summed E-state index contributed by atoms with van der Waals surface area (Å²) >= 11 is 3.37. The summed E-state index contributed by atoms with van der Waals surface area (Å²) in [5.41, 5.74) is 0.602. The smallest absolute Gasteiger partial charge is 0.338 e. The summed E-state index contributed by atoms with van der Waals surface area (Å²) < 4.78 is 6.54. The maximum absolute atomic E-state index is 12.1. The molecule has 0 bridgehead atoms. The van der Waals surface area contributed by atoms with E-state index in [0.29, 0.717) is 17.6 Å². The predicted molar refractivity (Wildman–Crippen MR) is 88.5 cm³/mol. The van der Waals surface area contributed by atoms with Crippen molar-refractivity contribution in [2.24, 2.45) is 0 Å². The monoisotopic (exact) mass is 353 g/mol. The number of hydrogen-bond donors (Lipinski definition) is 0. The molecular formula is C17H24BrNO2. The number of halogens is 1. The lowest BCUT2D eigenvalue weighted by atomic mass is 9.97. The van der Waals surface area contributed by atoms with Gasteiger partial charge >= 0.3 is 5.97 Å². The molecule has 1 aliphatic heterocycles. The maximum Gasteiger partial charge on any atom is 0.338 e. The molecule has 0 aromatic heterocycles. The molecule has 1 aromatic rings. The van der Waals surface area contributed by atoms with Crippen molar-refractivity contribution in [3.8, 4) is 0 Å². The van der Waals surface area contributed by atoms with Crippen LogP contribution in [0.4, 0.5) is 0 Å². The van der Waals surface area contributed by atoms with Crippen molar-refractivity contribution in [1.29, 1.82) is 0 Å². The Morgan fingerprint density at radius 2 is 1.86 bits per heavy atom. The average Bonchev–Trinajstić information content (AvgIpc) is 2.43. The minimum Gasteiger partial charge on any atom is -0.458 e. The minimum absolute atomic E-state index is 0.0934. The second kappa shape index (κ2) is 7.41. The molecule has 0 aliphatic carbocycles. The number of benzene rings is 1. The van der Waals surface area contributed by atoms with Crippen molar-refractivity contribution in [1.82, 2.24) is 4.90 Å². The largest absolute Gasteiger partial charge is 0.458 e. The minimum atomic E-state index is -0.243. The van der Waals surface area contributed by atoms with Gasteiger partial charge in [0.05, 0.1) is 5.56 Å². The number of piperidine rings is 1. The molecule has 21 heavy (non-hydrogen) atoms. The molecule has 1 fully saturated rings. The van der Waals surface area contributed by atoms with Gasteiger partial charge in [0.1, 0.15) is 6.10 Å². The van der Waals surface area contributed by atoms with Gasteiger partial charge in [0, 0.05) is 23.1 Å². The van der Waals surface area contributed by atoms with Gasteiger partial charge < -0.3 is 4.74 Å². The average molecular weight is 354 g/mol. The number of likely N-dealkylation sites (tertiary alicyclic amines) is 1. The first-order valence-electron chi connectivity index (χ1n) is 7.69. The Bertz CT molecular complexity index is 464. The Morgan fingerprint density at radius 3 is 2.43 bits per heavy atom. The van der Waals surface area contributed by atoms with E-state index in [0.717, 1.165) is 11.0 Å². The quantitative estimate of drug-likeness (QED) is 0.757. The number of nitrogens with zero attached hydrogens (tertiary/aromatic N) is 1. The third kappa shape index (κ3) is 4.55. The normalized spacial score (nSPS) is 24.6. The third-order valence-electron chi connectivity index (χ3n) is 4.23. The fourth-order valence-electron chi connectivity index (χ4n) is 3.01. The van der Waals surface area contributed by atoms with E-state index in [4.69, 9.17) is 4.74 Å². The van der Waals surface area contributed by atoms with E-state index in [1.165, 1.54) is 19.3 Å². The van der Waals surface area contributed by atoms with Crippen LogP contribution < -0.4 is 0 Å². The Balaban J connectivity index is 1.90. The molecule has 4 heteroatoms. The van der Waals surface area contributed by atoms with Crippen molar-refractivity contribution < 1.29 is 9.53 Å². The molecule has 2 rings (SSSR count). The molecule has 116 valence electrons. The Morgan fingerprint density at radius 1 is 1.29 bits per heavy atom. The lowest BCUT2D eigenvalue weighted by Crippen LogP contribution is -2.47. The van der Waals surface area contributed by atoms with Gasteiger partial charge in [-0.15, -0.1) is 0 Å². The molecule has 0 saturated carbocycles. The van der Waals surface area contributed by atoms with Crippen LogP contribution in [0.2, 0.25) is 0 Å². The first-order valence-corrected chi connectivity index (χ1v) is 8.49. The SMILES string of the molecule is C[C@H](CN1[C@@H](C)CCC[C@@H]1C)OC(=O)c1ccc(Br)cc1. The van der Waals surface area contributed by atoms with Crippen molar-refractivity contribution >= 4 is 21.9 Å². The van der Waals surface area contributed by atoms with Gasteiger partial charge in [-0.05, 0) is 57.9 Å². The van der Waals surface area contributed by atoms with E-state index in [1.807, 2.05) is 19.1 Å². The molecule has 0 radical (unpaired) electrons. The molecule has 0 amide bonds. The maximum atomic E-state index is 12.1. The zero-order valence-electron chi connectivity index (χ0n) is 13.0. The predicted octanol–water partition coefficient (Wildman–Crippen LogP) is 4.26. The zero-order valence-corrected chi connectivity index (χ0v) is 14.6. The Kier molecular flexibility index (Phi) is 5.82. The summed E-state index contributed by atoms with van der Waals surface area (Å²) in [6.45, 7) is 7.31. The summed E-state index contributed by atoms with van der Waals surface area (Å²) in [5, 5.41) is 0. The molecule has 1 heterocycles. The topological polar surface area (TPSA) is 29.5 Å². The number of ether oxygens (including phenoxy) is 1. The highest BCUT2D eigenvalue weighted by Crippen LogP contribution is 2.23. The van der Waals surface area contributed by atoms with Crippen molar-refractivity contribution in [3.05, 3.63) is 34.3 Å². The Labute approximate surface area is 135 Å². The van der Waals surface area contributed by atoms with Crippen molar-refractivity contribution in [2.45, 2.75) is 58.2 Å². The zero-order chi connectivity index (χ0) is 15.4. The van der Waals surface area contributed by atoms with Crippen molar-refractivity contribution in [3.63, 3.8) is 0 Å². The number of esters is 1. The summed E-state index contributed by atoms with van der Waals surface area (Å²) in [5.74, 6) is -0.243. The van der Waals surface area contributed by atoms with Crippen LogP contribution in [0.25, 0.3) is 0 Å². The molecule has 3 nitrogen and oxygen atoms in total. The van der Waals surface area contributed by atoms with Crippen LogP contribution in [0.5, 0.6) is 0 Å². The summed E-state index contributed by atoms with van der Waals surface area (Å²) in [6.07, 6.45) is 3.67. The van der Waals surface area contributed by atoms with Crippen LogP contribution in [-0.4, -0.2) is 35.6 Å². The molecule has 0 N–H and O–H groups in total. The highest BCUT2D eigenvalue weighted by atomic mass is 79.9. The van der Waals surface area contributed by atoms with Gasteiger partial charge in [0.25, 0.3) is 0 Å². The van der Waals surface area contributed by atoms with Crippen LogP contribution in [0.1, 0.15) is 50.4 Å². The molecule has 0 spiro atoms. The number of carbonyl (C=O) groups excluding carboxylic acids is 1. The summed E-state index contributed by atoms with van der Waals surface area (Å²) in [4.78, 5) is 14.6. The molecule has 1 aliphatic rings. The van der Waals surface area contributed by atoms with Gasteiger partial charge in [-0.3, -0.25) is 4.90 Å². The van der Waals surface area contributed by atoms with Crippen LogP contribution in [0.3, 0.4) is 0 Å². The second-order valence-electron chi connectivity index (χ2n) is 6.05. The number of hydrogen-bond acceptors (Lipinski definition) is 3. The van der Waals surface area contributed by atoms with Crippen LogP contribution in [0.15, 0.2) is 28.7 Å². The van der Waals surface area contributed by atoms with Crippen LogP contribution >= 0.6 is 15.9 Å². The molecule has 3 atom stereocenters. The van der Waals surface area contributed by atoms with E-state index >= 15 is 0 Å². The van der Waals surface area contributed by atoms with E-state index in [9.17, 15) is 4.79 Å². The molecule has 1 aromatic carbocycles. The van der Waals surface area contributed by atoms with Gasteiger partial charge in [0.2, 0.25) is 0 Å². The number of carbonyl (C=O) groups is 1. The molecule has 0 unspecified atom stereocenters. The van der Waals surface area contributed by atoms with Crippen LogP contribution in [-0.2, 0) is 4.74 Å². The Hall–Kier alpha value is -0.870. The summed E-state index contributed by atoms with van der Waals surface area (Å²) in [7, 11) is 0. The summed E-state index contributed by atoms with van der Waals surface area (Å²) in [6, 6.07) is 8.42. The van der Waals surface area contributed by atoms with E-state index in [2.05, 4.69) is 34.7 Å². The lowest BCUT2D eigenvalue weighted by molar-refractivity contribution is 0.00812. The van der Waals surface area contributed by atoms with Crippen LogP contribution in [0, 0.1) is 0 Å². The van der Waals surface area contributed by atoms with Gasteiger partial charge in [-0.25, -0.2) is 4.79 Å². The first-order chi connectivity index (χ1) is 9.97. The van der Waals surface area contributed by atoms with Gasteiger partial charge in [-0.2, -0.15) is 0 Å². The molecular weight excluding hydrogens is 330 g/mol. The second-order valence-corrected chi connectivity index (χ2v) is 6.96. The standard InChI is InChI=1S/C17H24BrNO2/c1-12-5-4-6-13(2)19(12)11-14(3)21-17(20)15-7-9-16(18)10-8-15/h7-10,12-14H,4-6,11H2,1-3H3/t12-,13-,14+/m0/s1. The first kappa shape index (κ1) is 16.5. The van der Waals surface area contributed by atoms with E-state index in [-0.39, 0.29) is 12.1 Å². The fourth-order valence-corrected chi connectivity index (χ4v) is 3.27. The van der Waals surface area contributed by atoms with E-state index < -0.39 is 0 Å². The van der Waals surface area contributed by atoms with E-state index in [1.54, 1.807) is 12.1 Å². The third-order valence-corrected chi connectivity index (χ3v) is 4.76. The van der Waals surface area contributed by atoms with Gasteiger partial charge in [-0.1, -0.05) is 22.4 Å². The molecule has 1 saturated heterocycles. The van der Waals surface area contributed by atoms with Gasteiger partial charge in [0.15, 0.2) is 0 Å².